The molecular formula is C22H24N2O5. The second-order valence-electron chi connectivity index (χ2n) is 6.52. The summed E-state index contributed by atoms with van der Waals surface area (Å²) in [5, 5.41) is 2.53. The highest BCUT2D eigenvalue weighted by molar-refractivity contribution is 5.98. The van der Waals surface area contributed by atoms with Gasteiger partial charge in [-0.3, -0.25) is 19.2 Å². The number of amides is 2. The van der Waals surface area contributed by atoms with Crippen LogP contribution in [0.3, 0.4) is 0 Å². The second-order valence-corrected chi connectivity index (χ2v) is 6.52. The first-order valence-electron chi connectivity index (χ1n) is 9.36. The smallest absolute Gasteiger partial charge is 0.306 e. The van der Waals surface area contributed by atoms with E-state index >= 15 is 0 Å². The SMILES string of the molecule is CCCc1ccc(C(=O)CCC(=O)OCC(=O)Nc2ccc(C(N)=O)cc2)cc1. The van der Waals surface area contributed by atoms with Crippen LogP contribution < -0.4 is 11.1 Å². The molecule has 2 rings (SSSR count). The Labute approximate surface area is 169 Å². The molecule has 0 fully saturated rings. The topological polar surface area (TPSA) is 116 Å². The molecule has 3 N–H and O–H groups in total. The minimum atomic E-state index is -0.625. The van der Waals surface area contributed by atoms with Crippen molar-refractivity contribution < 1.29 is 23.9 Å². The molecule has 7 heteroatoms. The Balaban J connectivity index is 1.72. The monoisotopic (exact) mass is 396 g/mol. The van der Waals surface area contributed by atoms with Crippen LogP contribution in [-0.2, 0) is 20.7 Å². The van der Waals surface area contributed by atoms with Crippen molar-refractivity contribution in [2.45, 2.75) is 32.6 Å². The summed E-state index contributed by atoms with van der Waals surface area (Å²) in [5.41, 5.74) is 7.62. The number of carbonyl (C=O) groups is 4. The van der Waals surface area contributed by atoms with Crippen LogP contribution >= 0.6 is 0 Å². The van der Waals surface area contributed by atoms with Crippen molar-refractivity contribution in [1.82, 2.24) is 0 Å². The molecule has 2 aromatic rings. The van der Waals surface area contributed by atoms with Crippen LogP contribution in [0, 0.1) is 0 Å². The quantitative estimate of drug-likeness (QED) is 0.473. The molecule has 0 atom stereocenters. The lowest BCUT2D eigenvalue weighted by Crippen LogP contribution is -2.21. The number of aryl methyl sites for hydroxylation is 1. The first-order valence-corrected chi connectivity index (χ1v) is 9.36. The van der Waals surface area contributed by atoms with Gasteiger partial charge >= 0.3 is 5.97 Å². The van der Waals surface area contributed by atoms with Gasteiger partial charge in [0, 0.05) is 23.2 Å². The zero-order valence-electron chi connectivity index (χ0n) is 16.3. The summed E-state index contributed by atoms with van der Waals surface area (Å²) in [6, 6.07) is 13.3. The van der Waals surface area contributed by atoms with Crippen molar-refractivity contribution in [2.24, 2.45) is 5.73 Å². The third kappa shape index (κ3) is 7.21. The van der Waals surface area contributed by atoms with Crippen molar-refractivity contribution in [3.8, 4) is 0 Å². The molecular weight excluding hydrogens is 372 g/mol. The molecule has 0 aliphatic heterocycles. The molecule has 0 heterocycles. The predicted molar refractivity (Wildman–Crippen MR) is 109 cm³/mol. The van der Waals surface area contributed by atoms with Crippen LogP contribution in [0.15, 0.2) is 48.5 Å². The van der Waals surface area contributed by atoms with Gasteiger partial charge < -0.3 is 15.8 Å². The van der Waals surface area contributed by atoms with E-state index in [1.54, 1.807) is 12.1 Å². The summed E-state index contributed by atoms with van der Waals surface area (Å²) in [4.78, 5) is 46.8. The molecule has 0 bridgehead atoms. The maximum atomic E-state index is 12.2. The number of hydrogen-bond donors (Lipinski definition) is 2. The van der Waals surface area contributed by atoms with Gasteiger partial charge in [0.25, 0.3) is 5.91 Å². The molecule has 0 radical (unpaired) electrons. The number of Topliss-reactive ketones (excluding diaryl/α,β-unsaturated/α-hetero) is 1. The summed E-state index contributed by atoms with van der Waals surface area (Å²) < 4.78 is 4.90. The number of benzene rings is 2. The molecule has 0 aliphatic rings. The van der Waals surface area contributed by atoms with Crippen LogP contribution in [0.4, 0.5) is 5.69 Å². The molecule has 7 nitrogen and oxygen atoms in total. The minimum Gasteiger partial charge on any atom is -0.456 e. The van der Waals surface area contributed by atoms with E-state index in [1.165, 1.54) is 29.8 Å². The maximum absolute atomic E-state index is 12.2. The molecule has 2 amide bonds. The molecule has 0 aromatic heterocycles. The van der Waals surface area contributed by atoms with Gasteiger partial charge in [-0.05, 0) is 36.2 Å². The average Bonchev–Trinajstić information content (AvgIpc) is 2.71. The van der Waals surface area contributed by atoms with E-state index in [0.717, 1.165) is 12.8 Å². The first kappa shape index (κ1) is 21.8. The third-order valence-electron chi connectivity index (χ3n) is 4.19. The van der Waals surface area contributed by atoms with Gasteiger partial charge in [-0.15, -0.1) is 0 Å². The Morgan fingerprint density at radius 3 is 2.10 bits per heavy atom. The van der Waals surface area contributed by atoms with Crippen molar-refractivity contribution >= 4 is 29.3 Å². The van der Waals surface area contributed by atoms with E-state index in [2.05, 4.69) is 12.2 Å². The molecule has 0 aliphatic carbocycles. The summed E-state index contributed by atoms with van der Waals surface area (Å²) in [7, 11) is 0. The van der Waals surface area contributed by atoms with Crippen molar-refractivity contribution in [3.63, 3.8) is 0 Å². The number of primary amides is 1. The van der Waals surface area contributed by atoms with E-state index in [0.29, 0.717) is 16.8 Å². The van der Waals surface area contributed by atoms with E-state index < -0.39 is 24.4 Å². The zero-order valence-corrected chi connectivity index (χ0v) is 16.3. The van der Waals surface area contributed by atoms with E-state index in [4.69, 9.17) is 10.5 Å². The van der Waals surface area contributed by atoms with Crippen molar-refractivity contribution in [1.29, 1.82) is 0 Å². The fourth-order valence-electron chi connectivity index (χ4n) is 2.64. The molecule has 29 heavy (non-hydrogen) atoms. The molecule has 0 saturated carbocycles. The Hall–Kier alpha value is -3.48. The van der Waals surface area contributed by atoms with Crippen LogP contribution in [0.2, 0.25) is 0 Å². The van der Waals surface area contributed by atoms with Gasteiger partial charge in [-0.25, -0.2) is 0 Å². The predicted octanol–water partition coefficient (Wildman–Crippen LogP) is 2.88. The lowest BCUT2D eigenvalue weighted by atomic mass is 10.0. The Morgan fingerprint density at radius 2 is 1.52 bits per heavy atom. The Morgan fingerprint density at radius 1 is 0.897 bits per heavy atom. The van der Waals surface area contributed by atoms with Gasteiger partial charge in [0.15, 0.2) is 12.4 Å². The number of rotatable bonds is 10. The van der Waals surface area contributed by atoms with Crippen LogP contribution in [0.5, 0.6) is 0 Å². The van der Waals surface area contributed by atoms with Gasteiger partial charge in [-0.2, -0.15) is 0 Å². The van der Waals surface area contributed by atoms with Gasteiger partial charge in [-0.1, -0.05) is 37.6 Å². The number of hydrogen-bond acceptors (Lipinski definition) is 5. The maximum Gasteiger partial charge on any atom is 0.306 e. The van der Waals surface area contributed by atoms with Crippen LogP contribution in [0.1, 0.15) is 52.5 Å². The Kier molecular flexibility index (Phi) is 8.09. The lowest BCUT2D eigenvalue weighted by molar-refractivity contribution is -0.147. The van der Waals surface area contributed by atoms with E-state index in [-0.39, 0.29) is 18.6 Å². The molecule has 0 spiro atoms. The van der Waals surface area contributed by atoms with Gasteiger partial charge in [0.1, 0.15) is 0 Å². The highest BCUT2D eigenvalue weighted by Gasteiger charge is 2.12. The molecule has 0 unspecified atom stereocenters. The zero-order chi connectivity index (χ0) is 21.2. The van der Waals surface area contributed by atoms with Crippen LogP contribution in [-0.4, -0.2) is 30.2 Å². The summed E-state index contributed by atoms with van der Waals surface area (Å²) in [6.45, 7) is 1.63. The van der Waals surface area contributed by atoms with Crippen molar-refractivity contribution in [2.75, 3.05) is 11.9 Å². The summed E-state index contributed by atoms with van der Waals surface area (Å²) >= 11 is 0. The largest absolute Gasteiger partial charge is 0.456 e. The normalized spacial score (nSPS) is 10.2. The summed E-state index contributed by atoms with van der Waals surface area (Å²) in [6.07, 6.45) is 1.90. The number of nitrogens with two attached hydrogens (primary N) is 1. The second kappa shape index (κ2) is 10.8. The first-order chi connectivity index (χ1) is 13.9. The fraction of sp³-hybridized carbons (Fsp3) is 0.273. The average molecular weight is 396 g/mol. The van der Waals surface area contributed by atoms with Gasteiger partial charge in [0.05, 0.1) is 6.42 Å². The number of ether oxygens (including phenoxy) is 1. The number of esters is 1. The summed E-state index contributed by atoms with van der Waals surface area (Å²) in [5.74, 6) is -1.87. The van der Waals surface area contributed by atoms with E-state index in [9.17, 15) is 19.2 Å². The lowest BCUT2D eigenvalue weighted by Gasteiger charge is -2.07. The number of carbonyl (C=O) groups excluding carboxylic acids is 4. The molecule has 152 valence electrons. The van der Waals surface area contributed by atoms with Crippen LogP contribution in [0.25, 0.3) is 0 Å². The minimum absolute atomic E-state index is 0.0160. The Bertz CT molecular complexity index is 873. The fourth-order valence-corrected chi connectivity index (χ4v) is 2.64. The number of ketones is 1. The number of anilines is 1. The molecule has 2 aromatic carbocycles. The molecule has 0 saturated heterocycles. The van der Waals surface area contributed by atoms with Gasteiger partial charge in [0.2, 0.25) is 5.91 Å². The van der Waals surface area contributed by atoms with Crippen molar-refractivity contribution in [3.05, 3.63) is 65.2 Å². The third-order valence-corrected chi connectivity index (χ3v) is 4.19. The number of nitrogens with one attached hydrogen (secondary N) is 1. The van der Waals surface area contributed by atoms with E-state index in [1.807, 2.05) is 12.1 Å². The highest BCUT2D eigenvalue weighted by atomic mass is 16.5. The highest BCUT2D eigenvalue weighted by Crippen LogP contribution is 2.11. The standard InChI is InChI=1S/C22H24N2O5/c1-2-3-15-4-6-16(7-5-15)19(25)12-13-21(27)29-14-20(26)24-18-10-8-17(9-11-18)22(23)28/h4-11H,2-3,12-14H2,1H3,(H2,23,28)(H,24,26).